The summed E-state index contributed by atoms with van der Waals surface area (Å²) in [4.78, 5) is 3.89. The van der Waals surface area contributed by atoms with Gasteiger partial charge in [0.1, 0.15) is 11.5 Å². The van der Waals surface area contributed by atoms with Crippen LogP contribution in [-0.2, 0) is 6.42 Å². The molecule has 0 unspecified atom stereocenters. The second-order valence-corrected chi connectivity index (χ2v) is 9.26. The summed E-state index contributed by atoms with van der Waals surface area (Å²) in [7, 11) is 0. The average molecular weight is 410 g/mol. The van der Waals surface area contributed by atoms with Crippen LogP contribution >= 0.6 is 11.3 Å². The number of benzene rings is 2. The molecule has 0 saturated carbocycles. The van der Waals surface area contributed by atoms with Gasteiger partial charge in [-0.15, -0.1) is 11.3 Å². The van der Waals surface area contributed by atoms with Crippen LogP contribution in [0.2, 0.25) is 0 Å². The fourth-order valence-corrected chi connectivity index (χ4v) is 5.70. The van der Waals surface area contributed by atoms with Gasteiger partial charge in [-0.1, -0.05) is 19.3 Å². The lowest BCUT2D eigenvalue weighted by molar-refractivity contribution is 0.224. The van der Waals surface area contributed by atoms with E-state index in [1.165, 1.54) is 80.4 Å². The number of hydrogen-bond acceptors (Lipinski definition) is 4. The van der Waals surface area contributed by atoms with Gasteiger partial charge in [-0.05, 0) is 111 Å². The van der Waals surface area contributed by atoms with Crippen LogP contribution < -0.4 is 0 Å². The minimum Gasteiger partial charge on any atom is -0.508 e. The van der Waals surface area contributed by atoms with E-state index in [0.717, 1.165) is 16.7 Å². The normalized spacial score (nSPS) is 15.2. The van der Waals surface area contributed by atoms with E-state index >= 15 is 0 Å². The molecule has 29 heavy (non-hydrogen) atoms. The summed E-state index contributed by atoms with van der Waals surface area (Å²) < 4.78 is 1.13. The highest BCUT2D eigenvalue weighted by atomic mass is 32.1. The number of unbranched alkanes of at least 4 members (excludes halogenated alkanes) is 3. The maximum atomic E-state index is 9.89. The summed E-state index contributed by atoms with van der Waals surface area (Å²) in [6.07, 6.45) is 10.3. The molecule has 0 radical (unpaired) electrons. The molecule has 1 aliphatic rings. The molecule has 3 aromatic rings. The van der Waals surface area contributed by atoms with E-state index in [1.807, 2.05) is 18.2 Å². The first kappa shape index (κ1) is 20.2. The Morgan fingerprint density at radius 3 is 2.31 bits per heavy atom. The van der Waals surface area contributed by atoms with E-state index in [0.29, 0.717) is 11.5 Å². The Labute approximate surface area is 177 Å². The lowest BCUT2D eigenvalue weighted by atomic mass is 9.99. The lowest BCUT2D eigenvalue weighted by Crippen LogP contribution is -2.30. The van der Waals surface area contributed by atoms with Gasteiger partial charge in [0.15, 0.2) is 0 Å². The van der Waals surface area contributed by atoms with Crippen LogP contribution in [0, 0.1) is 0 Å². The van der Waals surface area contributed by atoms with Crippen molar-refractivity contribution >= 4 is 21.4 Å². The van der Waals surface area contributed by atoms with Crippen LogP contribution in [0.1, 0.15) is 50.5 Å². The molecule has 1 fully saturated rings. The van der Waals surface area contributed by atoms with E-state index < -0.39 is 0 Å². The number of hydrogen-bond donors (Lipinski definition) is 2. The third-order valence-corrected chi connectivity index (χ3v) is 7.25. The first-order valence-electron chi connectivity index (χ1n) is 11.0. The van der Waals surface area contributed by atoms with Crippen molar-refractivity contribution in [1.82, 2.24) is 4.90 Å². The van der Waals surface area contributed by atoms with Crippen LogP contribution in [0.3, 0.4) is 0 Å². The van der Waals surface area contributed by atoms with Crippen molar-refractivity contribution in [3.8, 4) is 21.9 Å². The van der Waals surface area contributed by atoms with Crippen molar-refractivity contribution in [1.29, 1.82) is 0 Å². The molecule has 2 N–H and O–H groups in total. The largest absolute Gasteiger partial charge is 0.508 e. The lowest BCUT2D eigenvalue weighted by Gasteiger charge is -2.26. The summed E-state index contributed by atoms with van der Waals surface area (Å²) >= 11 is 1.74. The molecular formula is C25H31NO2S. The number of fused-ring (bicyclic) bond motifs is 1. The fraction of sp³-hybridized carbons (Fsp3) is 0.440. The monoisotopic (exact) mass is 409 g/mol. The van der Waals surface area contributed by atoms with Crippen LogP contribution in [0.4, 0.5) is 0 Å². The molecular weight excluding hydrogens is 378 g/mol. The quantitative estimate of drug-likeness (QED) is 0.414. The Morgan fingerprint density at radius 2 is 1.52 bits per heavy atom. The number of thiophene rings is 1. The van der Waals surface area contributed by atoms with Crippen LogP contribution in [0.15, 0.2) is 42.5 Å². The highest BCUT2D eigenvalue weighted by Crippen LogP contribution is 2.41. The minimum absolute atomic E-state index is 0.294. The van der Waals surface area contributed by atoms with Crippen molar-refractivity contribution in [2.75, 3.05) is 19.6 Å². The third kappa shape index (κ3) is 5.12. The van der Waals surface area contributed by atoms with E-state index in [2.05, 4.69) is 11.0 Å². The van der Waals surface area contributed by atoms with Gasteiger partial charge < -0.3 is 15.1 Å². The number of nitrogens with zero attached hydrogens (tertiary/aromatic N) is 1. The first-order chi connectivity index (χ1) is 14.2. The number of phenolic OH excluding ortho intramolecular Hbond substituents is 2. The Bertz CT molecular complexity index is 926. The van der Waals surface area contributed by atoms with Crippen molar-refractivity contribution < 1.29 is 10.2 Å². The second-order valence-electron chi connectivity index (χ2n) is 8.20. The van der Waals surface area contributed by atoms with Crippen molar-refractivity contribution in [3.05, 3.63) is 48.0 Å². The number of aryl methyl sites for hydroxylation is 1. The summed E-state index contributed by atoms with van der Waals surface area (Å²) in [6, 6.07) is 13.2. The van der Waals surface area contributed by atoms with E-state index in [-0.39, 0.29) is 0 Å². The molecule has 4 heteroatoms. The standard InChI is InChI=1S/C25H31NO2S/c27-20-11-9-19(10-12-20)25-23(22-14-13-21(28)18-24(22)29-25)8-4-1-2-5-15-26-16-6-3-7-17-26/h9-14,18,27-28H,1-8,15-17H2. The smallest absolute Gasteiger partial charge is 0.117 e. The zero-order valence-corrected chi connectivity index (χ0v) is 17.9. The molecule has 0 atom stereocenters. The molecule has 0 spiro atoms. The molecule has 0 aliphatic carbocycles. The SMILES string of the molecule is Oc1ccc(-c2sc3cc(O)ccc3c2CCCCCCN2CCCCC2)cc1. The zero-order chi connectivity index (χ0) is 20.1. The Balaban J connectivity index is 1.40. The molecule has 1 saturated heterocycles. The number of rotatable bonds is 8. The van der Waals surface area contributed by atoms with Crippen molar-refractivity contribution in [2.24, 2.45) is 0 Å². The van der Waals surface area contributed by atoms with E-state index in [4.69, 9.17) is 0 Å². The minimum atomic E-state index is 0.294. The van der Waals surface area contributed by atoms with Gasteiger partial charge in [0.2, 0.25) is 0 Å². The van der Waals surface area contributed by atoms with Crippen LogP contribution in [-0.4, -0.2) is 34.7 Å². The van der Waals surface area contributed by atoms with Gasteiger partial charge >= 0.3 is 0 Å². The summed E-state index contributed by atoms with van der Waals surface area (Å²) in [5.41, 5.74) is 2.52. The highest BCUT2D eigenvalue weighted by molar-refractivity contribution is 7.22. The molecule has 2 heterocycles. The molecule has 3 nitrogen and oxygen atoms in total. The molecule has 1 aromatic heterocycles. The third-order valence-electron chi connectivity index (χ3n) is 6.01. The van der Waals surface area contributed by atoms with Crippen molar-refractivity contribution in [3.63, 3.8) is 0 Å². The molecule has 0 bridgehead atoms. The fourth-order valence-electron chi connectivity index (χ4n) is 4.41. The molecule has 0 amide bonds. The highest BCUT2D eigenvalue weighted by Gasteiger charge is 2.14. The van der Waals surface area contributed by atoms with Crippen LogP contribution in [0.25, 0.3) is 20.5 Å². The molecule has 1 aliphatic heterocycles. The van der Waals surface area contributed by atoms with Gasteiger partial charge in [-0.25, -0.2) is 0 Å². The number of phenols is 2. The van der Waals surface area contributed by atoms with Gasteiger partial charge in [-0.2, -0.15) is 0 Å². The maximum absolute atomic E-state index is 9.89. The van der Waals surface area contributed by atoms with Gasteiger partial charge in [-0.3, -0.25) is 0 Å². The molecule has 2 aromatic carbocycles. The molecule has 4 rings (SSSR count). The maximum Gasteiger partial charge on any atom is 0.117 e. The van der Waals surface area contributed by atoms with E-state index in [1.54, 1.807) is 29.5 Å². The molecule has 154 valence electrons. The second kappa shape index (κ2) is 9.64. The Hall–Kier alpha value is -2.04. The van der Waals surface area contributed by atoms with Gasteiger partial charge in [0, 0.05) is 9.58 Å². The number of piperidine rings is 1. The van der Waals surface area contributed by atoms with Crippen molar-refractivity contribution in [2.45, 2.75) is 51.4 Å². The zero-order valence-electron chi connectivity index (χ0n) is 17.1. The number of likely N-dealkylation sites (tertiary alicyclic amines) is 1. The summed E-state index contributed by atoms with van der Waals surface area (Å²) in [5, 5.41) is 20.8. The summed E-state index contributed by atoms with van der Waals surface area (Å²) in [6.45, 7) is 3.85. The van der Waals surface area contributed by atoms with E-state index in [9.17, 15) is 10.2 Å². The summed E-state index contributed by atoms with van der Waals surface area (Å²) in [5.74, 6) is 0.614. The first-order valence-corrected chi connectivity index (χ1v) is 11.8. The van der Waals surface area contributed by atoms with Gasteiger partial charge in [0.25, 0.3) is 0 Å². The Morgan fingerprint density at radius 1 is 0.793 bits per heavy atom. The predicted octanol–water partition coefficient (Wildman–Crippen LogP) is 6.57. The van der Waals surface area contributed by atoms with Crippen LogP contribution in [0.5, 0.6) is 11.5 Å². The number of aromatic hydroxyl groups is 2. The van der Waals surface area contributed by atoms with Gasteiger partial charge in [0.05, 0.1) is 0 Å². The Kier molecular flexibility index (Phi) is 6.73. The topological polar surface area (TPSA) is 43.7 Å². The average Bonchev–Trinajstić information content (AvgIpc) is 3.09. The predicted molar refractivity (Wildman–Crippen MR) is 123 cm³/mol.